The minimum absolute atomic E-state index is 0.215. The summed E-state index contributed by atoms with van der Waals surface area (Å²) in [6.07, 6.45) is 5.73. The summed E-state index contributed by atoms with van der Waals surface area (Å²) >= 11 is 0. The second kappa shape index (κ2) is 6.41. The van der Waals surface area contributed by atoms with Gasteiger partial charge in [0.15, 0.2) is 0 Å². The van der Waals surface area contributed by atoms with E-state index in [2.05, 4.69) is 111 Å². The van der Waals surface area contributed by atoms with E-state index in [1.807, 2.05) is 0 Å². The average Bonchev–Trinajstić information content (AvgIpc) is 2.73. The smallest absolute Gasteiger partial charge is 0.133 e. The van der Waals surface area contributed by atoms with Crippen molar-refractivity contribution in [1.82, 2.24) is 0 Å². The molecule has 146 valence electrons. The first-order valence-electron chi connectivity index (χ1n) is 10.1. The minimum Gasteiger partial charge on any atom is -0.457 e. The summed E-state index contributed by atoms with van der Waals surface area (Å²) in [5.41, 5.74) is 4.54. The van der Waals surface area contributed by atoms with Crippen LogP contribution in [0, 0.1) is 0 Å². The van der Waals surface area contributed by atoms with E-state index in [4.69, 9.17) is 4.74 Å². The van der Waals surface area contributed by atoms with Crippen molar-refractivity contribution in [3.63, 3.8) is 0 Å². The number of benzene rings is 3. The van der Waals surface area contributed by atoms with Crippen molar-refractivity contribution in [3.05, 3.63) is 82.2 Å². The van der Waals surface area contributed by atoms with Gasteiger partial charge in [-0.15, -0.1) is 0 Å². The molecule has 3 aromatic carbocycles. The van der Waals surface area contributed by atoms with Crippen molar-refractivity contribution in [3.8, 4) is 11.5 Å². The van der Waals surface area contributed by atoms with Gasteiger partial charge >= 0.3 is 0 Å². The monoisotopic (exact) mass is 382 g/mol. The molecule has 0 bridgehead atoms. The Morgan fingerprint density at radius 3 is 1.83 bits per heavy atom. The molecule has 3 aromatic rings. The first-order valence-corrected chi connectivity index (χ1v) is 10.1. The number of hydrogen-bond donors (Lipinski definition) is 0. The second-order valence-corrected chi connectivity index (χ2v) is 8.40. The molecule has 0 N–H and O–H groups in total. The molecule has 0 fully saturated rings. The lowest BCUT2D eigenvalue weighted by atomic mass is 9.68. The molecule has 0 saturated heterocycles. The molecule has 0 aromatic heterocycles. The topological polar surface area (TPSA) is 15.7 Å². The highest BCUT2D eigenvalue weighted by atomic mass is 16.5. The van der Waals surface area contributed by atoms with Gasteiger partial charge in [-0.1, -0.05) is 48.6 Å². The summed E-state index contributed by atoms with van der Waals surface area (Å²) in [5.74, 6) is 1.90. The Kier molecular flexibility index (Phi) is 3.95. The van der Waals surface area contributed by atoms with E-state index in [0.29, 0.717) is 0 Å². The summed E-state index contributed by atoms with van der Waals surface area (Å²) < 4.78 is 6.49. The van der Waals surface area contributed by atoms with Gasteiger partial charge in [-0.2, -0.15) is 0 Å². The van der Waals surface area contributed by atoms with E-state index in [-0.39, 0.29) is 5.41 Å². The summed E-state index contributed by atoms with van der Waals surface area (Å²) in [4.78, 5) is 4.24. The Balaban J connectivity index is 1.80. The van der Waals surface area contributed by atoms with Crippen molar-refractivity contribution < 1.29 is 4.74 Å². The molecular formula is C26H26N2O. The summed E-state index contributed by atoms with van der Waals surface area (Å²) in [6, 6.07) is 21.8. The van der Waals surface area contributed by atoms with Crippen LogP contribution in [-0.2, 0) is 5.41 Å². The van der Waals surface area contributed by atoms with E-state index in [1.54, 1.807) is 0 Å². The number of ether oxygens (including phenoxy) is 1. The molecule has 0 unspecified atom stereocenters. The van der Waals surface area contributed by atoms with Crippen molar-refractivity contribution >= 4 is 23.5 Å². The van der Waals surface area contributed by atoms with E-state index < -0.39 is 0 Å². The highest BCUT2D eigenvalue weighted by Crippen LogP contribution is 2.53. The molecule has 0 saturated carbocycles. The third kappa shape index (κ3) is 2.72. The number of nitrogens with zero attached hydrogens (tertiary/aromatic N) is 2. The Hall–Kier alpha value is -3.20. The average molecular weight is 383 g/mol. The van der Waals surface area contributed by atoms with Gasteiger partial charge in [-0.25, -0.2) is 0 Å². The van der Waals surface area contributed by atoms with Gasteiger partial charge in [0.1, 0.15) is 11.5 Å². The van der Waals surface area contributed by atoms with Crippen LogP contribution in [-0.4, -0.2) is 28.2 Å². The Bertz CT molecular complexity index is 1170. The van der Waals surface area contributed by atoms with Crippen LogP contribution in [0.5, 0.6) is 11.5 Å². The fourth-order valence-corrected chi connectivity index (χ4v) is 4.55. The quantitative estimate of drug-likeness (QED) is 0.669. The highest BCUT2D eigenvalue weighted by Gasteiger charge is 2.41. The molecule has 1 spiro atoms. The van der Waals surface area contributed by atoms with Crippen LogP contribution in [0.1, 0.15) is 17.5 Å². The Labute approximate surface area is 172 Å². The molecular weight excluding hydrogens is 356 g/mol. The molecule has 0 radical (unpaired) electrons. The van der Waals surface area contributed by atoms with E-state index in [1.165, 1.54) is 21.6 Å². The third-order valence-electron chi connectivity index (χ3n) is 6.19. The zero-order valence-corrected chi connectivity index (χ0v) is 17.4. The predicted octanol–water partition coefficient (Wildman–Crippen LogP) is 3.88. The van der Waals surface area contributed by atoms with Crippen LogP contribution >= 0.6 is 0 Å². The van der Waals surface area contributed by atoms with Crippen molar-refractivity contribution in [2.45, 2.75) is 11.8 Å². The molecule has 0 atom stereocenters. The molecule has 1 heterocycles. The van der Waals surface area contributed by atoms with Gasteiger partial charge in [0.25, 0.3) is 0 Å². The fraction of sp³-hybridized carbons (Fsp3) is 0.231. The first-order chi connectivity index (χ1) is 14.0. The lowest BCUT2D eigenvalue weighted by Crippen LogP contribution is -2.38. The van der Waals surface area contributed by atoms with Crippen LogP contribution in [0.3, 0.4) is 0 Å². The van der Waals surface area contributed by atoms with Crippen LogP contribution < -0.4 is 25.0 Å². The molecule has 0 amide bonds. The molecule has 1 aliphatic carbocycles. The van der Waals surface area contributed by atoms with Crippen molar-refractivity contribution in [2.75, 3.05) is 38.0 Å². The van der Waals surface area contributed by atoms with Gasteiger partial charge in [0.2, 0.25) is 0 Å². The van der Waals surface area contributed by atoms with E-state index in [0.717, 1.165) is 29.3 Å². The van der Waals surface area contributed by atoms with Crippen molar-refractivity contribution in [2.24, 2.45) is 0 Å². The lowest BCUT2D eigenvalue weighted by Gasteiger charge is -2.39. The molecule has 3 heteroatoms. The zero-order valence-electron chi connectivity index (χ0n) is 17.4. The third-order valence-corrected chi connectivity index (χ3v) is 6.19. The van der Waals surface area contributed by atoms with Gasteiger partial charge in [-0.3, -0.25) is 0 Å². The molecule has 2 aliphatic rings. The molecule has 1 aliphatic heterocycles. The molecule has 3 nitrogen and oxygen atoms in total. The number of anilines is 2. The maximum absolute atomic E-state index is 6.49. The standard InChI is InChI=1S/C26H26N2O/c1-27(2)20-9-11-22-24(15-20)29-25-16-21(28(3)4)10-12-23(25)26(22)14-13-18-7-5-6-8-19(18)17-26/h5-13,15-17H,14H2,1-4H3. The van der Waals surface area contributed by atoms with Gasteiger partial charge in [0, 0.05) is 68.2 Å². The van der Waals surface area contributed by atoms with E-state index >= 15 is 0 Å². The fourth-order valence-electron chi connectivity index (χ4n) is 4.55. The Morgan fingerprint density at radius 1 is 0.724 bits per heavy atom. The maximum atomic E-state index is 6.49. The SMILES string of the molecule is CN(C)c1ccc2c(c1)Oc1cc(N(C)C)ccc1C21C=c2ccccc2=CC1. The van der Waals surface area contributed by atoms with E-state index in [9.17, 15) is 0 Å². The predicted molar refractivity (Wildman–Crippen MR) is 122 cm³/mol. The van der Waals surface area contributed by atoms with Gasteiger partial charge in [-0.05, 0) is 29.0 Å². The van der Waals surface area contributed by atoms with Crippen LogP contribution in [0.25, 0.3) is 12.2 Å². The normalized spacial score (nSPS) is 15.2. The summed E-state index contributed by atoms with van der Waals surface area (Å²) in [7, 11) is 8.26. The number of rotatable bonds is 2. The zero-order chi connectivity index (χ0) is 20.2. The summed E-state index contributed by atoms with van der Waals surface area (Å²) in [6.45, 7) is 0. The lowest BCUT2D eigenvalue weighted by molar-refractivity contribution is 0.430. The Morgan fingerprint density at radius 2 is 1.28 bits per heavy atom. The van der Waals surface area contributed by atoms with Crippen molar-refractivity contribution in [1.29, 1.82) is 0 Å². The van der Waals surface area contributed by atoms with Gasteiger partial charge < -0.3 is 14.5 Å². The van der Waals surface area contributed by atoms with Crippen LogP contribution in [0.4, 0.5) is 11.4 Å². The second-order valence-electron chi connectivity index (χ2n) is 8.40. The van der Waals surface area contributed by atoms with Crippen LogP contribution in [0.2, 0.25) is 0 Å². The minimum atomic E-state index is -0.215. The molecule has 29 heavy (non-hydrogen) atoms. The van der Waals surface area contributed by atoms with Crippen LogP contribution in [0.15, 0.2) is 60.7 Å². The molecule has 5 rings (SSSR count). The largest absolute Gasteiger partial charge is 0.457 e. The summed E-state index contributed by atoms with van der Waals surface area (Å²) in [5, 5.41) is 2.59. The number of hydrogen-bond acceptors (Lipinski definition) is 3. The highest BCUT2D eigenvalue weighted by molar-refractivity contribution is 5.73. The maximum Gasteiger partial charge on any atom is 0.133 e. The first kappa shape index (κ1) is 17.9. The number of fused-ring (bicyclic) bond motifs is 5. The van der Waals surface area contributed by atoms with Gasteiger partial charge in [0.05, 0.1) is 0 Å².